The Hall–Kier alpha value is -0.900. The van der Waals surface area contributed by atoms with Gasteiger partial charge in [-0.2, -0.15) is 0 Å². The minimum atomic E-state index is -0.167. The predicted molar refractivity (Wildman–Crippen MR) is 100 cm³/mol. The van der Waals surface area contributed by atoms with E-state index in [1.807, 2.05) is 0 Å². The smallest absolute Gasteiger partial charge is 0.0727 e. The van der Waals surface area contributed by atoms with Crippen molar-refractivity contribution in [3.05, 3.63) is 34.9 Å². The molecule has 138 valence electrons. The molecule has 0 aliphatic rings. The zero-order valence-electron chi connectivity index (χ0n) is 17.1. The summed E-state index contributed by atoms with van der Waals surface area (Å²) in [5.41, 5.74) is 3.04. The molecule has 1 aromatic rings. The van der Waals surface area contributed by atoms with E-state index in [1.165, 1.54) is 11.1 Å². The molecule has 3 nitrogen and oxygen atoms in total. The summed E-state index contributed by atoms with van der Waals surface area (Å²) >= 11 is 0. The van der Waals surface area contributed by atoms with Gasteiger partial charge in [0.15, 0.2) is 0 Å². The predicted octanol–water partition coefficient (Wildman–Crippen LogP) is 5.63. The molecule has 0 fully saturated rings. The Morgan fingerprint density at radius 1 is 0.583 bits per heavy atom. The van der Waals surface area contributed by atoms with Crippen LogP contribution < -0.4 is 0 Å². The summed E-state index contributed by atoms with van der Waals surface area (Å²) in [4.78, 5) is 0. The highest BCUT2D eigenvalue weighted by molar-refractivity contribution is 5.31. The first kappa shape index (κ1) is 21.1. The van der Waals surface area contributed by atoms with Gasteiger partial charge in [0.25, 0.3) is 0 Å². The second kappa shape index (κ2) is 7.99. The fourth-order valence-electron chi connectivity index (χ4n) is 1.93. The molecule has 0 aliphatic heterocycles. The Balaban J connectivity index is 2.92. The lowest BCUT2D eigenvalue weighted by Crippen LogP contribution is -2.21. The lowest BCUT2D eigenvalue weighted by atomic mass is 10.0. The Morgan fingerprint density at radius 3 is 1.46 bits per heavy atom. The highest BCUT2D eigenvalue weighted by Crippen LogP contribution is 2.21. The van der Waals surface area contributed by atoms with E-state index in [2.05, 4.69) is 80.5 Å². The van der Waals surface area contributed by atoms with Crippen molar-refractivity contribution in [3.8, 4) is 0 Å². The van der Waals surface area contributed by atoms with Gasteiger partial charge in [0.2, 0.25) is 0 Å². The number of benzene rings is 1. The monoisotopic (exact) mass is 336 g/mol. The van der Waals surface area contributed by atoms with Crippen LogP contribution in [-0.2, 0) is 34.0 Å². The van der Waals surface area contributed by atoms with Gasteiger partial charge < -0.3 is 14.2 Å². The zero-order valence-corrected chi connectivity index (χ0v) is 17.1. The normalized spacial score (nSPS) is 13.4. The van der Waals surface area contributed by atoms with Gasteiger partial charge in [-0.05, 0) is 79.0 Å². The van der Waals surface area contributed by atoms with Crippen LogP contribution in [0.5, 0.6) is 0 Å². The summed E-state index contributed by atoms with van der Waals surface area (Å²) in [6.07, 6.45) is 0. The molecule has 3 heteroatoms. The number of hydrogen-bond acceptors (Lipinski definition) is 3. The second-order valence-corrected chi connectivity index (χ2v) is 9.31. The highest BCUT2D eigenvalue weighted by Gasteiger charge is 2.16. The molecule has 0 saturated heterocycles. The lowest BCUT2D eigenvalue weighted by molar-refractivity contribution is -0.0250. The molecule has 0 aliphatic carbocycles. The van der Waals surface area contributed by atoms with Crippen molar-refractivity contribution in [2.45, 2.75) is 98.9 Å². The quantitative estimate of drug-likeness (QED) is 0.673. The maximum Gasteiger partial charge on any atom is 0.0727 e. The van der Waals surface area contributed by atoms with Crippen LogP contribution in [0.15, 0.2) is 18.2 Å². The molecule has 1 aromatic carbocycles. The summed E-state index contributed by atoms with van der Waals surface area (Å²) < 4.78 is 17.8. The van der Waals surface area contributed by atoms with Crippen molar-refractivity contribution in [2.24, 2.45) is 0 Å². The van der Waals surface area contributed by atoms with Crippen LogP contribution in [0.25, 0.3) is 0 Å². The van der Waals surface area contributed by atoms with Crippen LogP contribution in [0.2, 0.25) is 0 Å². The third kappa shape index (κ3) is 9.41. The largest absolute Gasteiger partial charge is 0.371 e. The lowest BCUT2D eigenvalue weighted by Gasteiger charge is -2.24. The first-order valence-electron chi connectivity index (χ1n) is 8.78. The van der Waals surface area contributed by atoms with E-state index in [0.717, 1.165) is 5.56 Å². The van der Waals surface area contributed by atoms with E-state index in [0.29, 0.717) is 19.8 Å². The standard InChI is InChI=1S/C21H36O3/c1-19(2,3)22-13-16-10-11-17(14-23-20(4,5)6)18(12-16)15-24-21(7,8)9/h10-12H,13-15H2,1-9H3. The molecule has 0 amide bonds. The van der Waals surface area contributed by atoms with Gasteiger partial charge in [0.1, 0.15) is 0 Å². The van der Waals surface area contributed by atoms with Crippen LogP contribution >= 0.6 is 0 Å². The van der Waals surface area contributed by atoms with E-state index in [9.17, 15) is 0 Å². The van der Waals surface area contributed by atoms with Gasteiger partial charge in [0, 0.05) is 0 Å². The third-order valence-electron chi connectivity index (χ3n) is 3.26. The molecule has 0 unspecified atom stereocenters. The third-order valence-corrected chi connectivity index (χ3v) is 3.26. The molecule has 0 atom stereocenters. The fourth-order valence-corrected chi connectivity index (χ4v) is 1.93. The molecule has 0 heterocycles. The summed E-state index contributed by atoms with van der Waals surface area (Å²) in [6, 6.07) is 6.43. The average molecular weight is 337 g/mol. The van der Waals surface area contributed by atoms with Crippen molar-refractivity contribution in [1.29, 1.82) is 0 Å². The van der Waals surface area contributed by atoms with E-state index in [-0.39, 0.29) is 16.8 Å². The number of rotatable bonds is 6. The molecular weight excluding hydrogens is 300 g/mol. The molecule has 0 N–H and O–H groups in total. The zero-order chi connectivity index (χ0) is 18.6. The van der Waals surface area contributed by atoms with Gasteiger partial charge in [0.05, 0.1) is 36.6 Å². The first-order chi connectivity index (χ1) is 10.8. The van der Waals surface area contributed by atoms with Gasteiger partial charge >= 0.3 is 0 Å². The molecule has 0 spiro atoms. The van der Waals surface area contributed by atoms with E-state index in [4.69, 9.17) is 14.2 Å². The summed E-state index contributed by atoms with van der Waals surface area (Å²) in [7, 11) is 0. The summed E-state index contributed by atoms with van der Waals surface area (Å²) in [5.74, 6) is 0. The van der Waals surface area contributed by atoms with E-state index < -0.39 is 0 Å². The van der Waals surface area contributed by atoms with Crippen LogP contribution in [0.3, 0.4) is 0 Å². The maximum absolute atomic E-state index is 5.99. The Labute approximate surface area is 148 Å². The molecule has 0 saturated carbocycles. The second-order valence-electron chi connectivity index (χ2n) is 9.31. The van der Waals surface area contributed by atoms with Crippen molar-refractivity contribution in [1.82, 2.24) is 0 Å². The number of hydrogen-bond donors (Lipinski definition) is 0. The van der Waals surface area contributed by atoms with Crippen molar-refractivity contribution in [2.75, 3.05) is 0 Å². The Bertz CT molecular complexity index is 513. The topological polar surface area (TPSA) is 27.7 Å². The molecular formula is C21H36O3. The van der Waals surface area contributed by atoms with Crippen molar-refractivity contribution in [3.63, 3.8) is 0 Å². The van der Waals surface area contributed by atoms with Gasteiger partial charge in [-0.3, -0.25) is 0 Å². The minimum Gasteiger partial charge on any atom is -0.371 e. The Morgan fingerprint density at radius 2 is 1.00 bits per heavy atom. The maximum atomic E-state index is 5.99. The van der Waals surface area contributed by atoms with Gasteiger partial charge in [-0.15, -0.1) is 0 Å². The van der Waals surface area contributed by atoms with Crippen molar-refractivity contribution < 1.29 is 14.2 Å². The molecule has 1 rings (SSSR count). The fraction of sp³-hybridized carbons (Fsp3) is 0.714. The first-order valence-corrected chi connectivity index (χ1v) is 8.78. The molecule has 24 heavy (non-hydrogen) atoms. The van der Waals surface area contributed by atoms with E-state index >= 15 is 0 Å². The molecule has 0 radical (unpaired) electrons. The molecule has 0 bridgehead atoms. The summed E-state index contributed by atoms with van der Waals surface area (Å²) in [6.45, 7) is 20.4. The van der Waals surface area contributed by atoms with Gasteiger partial charge in [-0.1, -0.05) is 18.2 Å². The Kier molecular flexibility index (Phi) is 7.04. The van der Waals surface area contributed by atoms with Crippen LogP contribution in [-0.4, -0.2) is 16.8 Å². The van der Waals surface area contributed by atoms with Crippen LogP contribution in [0.1, 0.15) is 79.0 Å². The van der Waals surface area contributed by atoms with Crippen LogP contribution in [0, 0.1) is 0 Å². The SMILES string of the molecule is CC(C)(C)OCc1ccc(COC(C)(C)C)c(COC(C)(C)C)c1. The highest BCUT2D eigenvalue weighted by atomic mass is 16.5. The minimum absolute atomic E-state index is 0.143. The average Bonchev–Trinajstić information content (AvgIpc) is 2.39. The number of ether oxygens (including phenoxy) is 3. The molecule has 0 aromatic heterocycles. The van der Waals surface area contributed by atoms with E-state index in [1.54, 1.807) is 0 Å². The van der Waals surface area contributed by atoms with Crippen molar-refractivity contribution >= 4 is 0 Å². The van der Waals surface area contributed by atoms with Crippen LogP contribution in [0.4, 0.5) is 0 Å². The summed E-state index contributed by atoms with van der Waals surface area (Å²) in [5, 5.41) is 0. The van der Waals surface area contributed by atoms with Gasteiger partial charge in [-0.25, -0.2) is 0 Å².